The first-order chi connectivity index (χ1) is 10.8. The monoisotopic (exact) mass is 359 g/mol. The zero-order valence-corrected chi connectivity index (χ0v) is 13.4. The van der Waals surface area contributed by atoms with Crippen LogP contribution in [-0.2, 0) is 0 Å². The van der Waals surface area contributed by atoms with Crippen molar-refractivity contribution in [3.63, 3.8) is 0 Å². The summed E-state index contributed by atoms with van der Waals surface area (Å²) in [5.74, 6) is 1.71. The summed E-state index contributed by atoms with van der Waals surface area (Å²) >= 11 is 3.36. The molecule has 0 N–H and O–H groups in total. The number of imidazole rings is 1. The average molecular weight is 360 g/mol. The summed E-state index contributed by atoms with van der Waals surface area (Å²) in [6, 6.07) is 0. The predicted molar refractivity (Wildman–Crippen MR) is 87.1 cm³/mol. The molecule has 22 heavy (non-hydrogen) atoms. The molecule has 4 rings (SSSR count). The Bertz CT molecular complexity index is 777. The first-order valence-electron chi connectivity index (χ1n) is 7.06. The van der Waals surface area contributed by atoms with Gasteiger partial charge in [-0.2, -0.15) is 0 Å². The van der Waals surface area contributed by atoms with Crippen LogP contribution in [0.5, 0.6) is 0 Å². The fourth-order valence-electron chi connectivity index (χ4n) is 2.65. The highest BCUT2D eigenvalue weighted by Gasteiger charge is 2.21. The van der Waals surface area contributed by atoms with Crippen LogP contribution in [0, 0.1) is 0 Å². The largest absolute Gasteiger partial charge is 0.350 e. The Hall–Kier alpha value is -2.22. The van der Waals surface area contributed by atoms with Crippen LogP contribution in [0.1, 0.15) is 0 Å². The van der Waals surface area contributed by atoms with Gasteiger partial charge in [-0.1, -0.05) is 0 Å². The third kappa shape index (κ3) is 2.39. The van der Waals surface area contributed by atoms with Gasteiger partial charge in [0.15, 0.2) is 11.5 Å². The Kier molecular flexibility index (Phi) is 3.38. The molecular formula is C14H14BrN7. The summed E-state index contributed by atoms with van der Waals surface area (Å²) in [6.45, 7) is 3.48. The van der Waals surface area contributed by atoms with Gasteiger partial charge in [0.2, 0.25) is 5.95 Å². The number of halogens is 1. The molecule has 1 aliphatic rings. The van der Waals surface area contributed by atoms with E-state index in [0.29, 0.717) is 0 Å². The fraction of sp³-hybridized carbons (Fsp3) is 0.286. The number of hydrogen-bond acceptors (Lipinski definition) is 6. The quantitative estimate of drug-likeness (QED) is 0.692. The molecule has 3 aromatic rings. The molecule has 8 heteroatoms. The van der Waals surface area contributed by atoms with Crippen LogP contribution in [0.15, 0.2) is 41.7 Å². The minimum atomic E-state index is 0.773. The summed E-state index contributed by atoms with van der Waals surface area (Å²) in [5, 5.41) is 0. The van der Waals surface area contributed by atoms with Gasteiger partial charge in [-0.05, 0) is 15.9 Å². The smallest absolute Gasteiger partial charge is 0.225 e. The number of hydrogen-bond donors (Lipinski definition) is 0. The Morgan fingerprint density at radius 2 is 1.45 bits per heavy atom. The lowest BCUT2D eigenvalue weighted by Crippen LogP contribution is -2.47. The van der Waals surface area contributed by atoms with Crippen molar-refractivity contribution in [2.24, 2.45) is 0 Å². The Morgan fingerprint density at radius 1 is 0.818 bits per heavy atom. The molecule has 1 aliphatic heterocycles. The first kappa shape index (κ1) is 13.4. The predicted octanol–water partition coefficient (Wildman–Crippen LogP) is 1.61. The molecule has 3 aromatic heterocycles. The van der Waals surface area contributed by atoms with Crippen molar-refractivity contribution >= 4 is 33.3 Å². The second-order valence-electron chi connectivity index (χ2n) is 5.08. The number of anilines is 2. The lowest BCUT2D eigenvalue weighted by molar-refractivity contribution is 0.634. The molecule has 0 unspecified atom stereocenters. The van der Waals surface area contributed by atoms with Crippen molar-refractivity contribution in [3.05, 3.63) is 41.7 Å². The minimum absolute atomic E-state index is 0.773. The highest BCUT2D eigenvalue weighted by atomic mass is 79.9. The molecule has 0 saturated carbocycles. The fourth-order valence-corrected chi connectivity index (χ4v) is 2.85. The third-order valence-corrected chi connectivity index (χ3v) is 4.17. The molecule has 0 bridgehead atoms. The minimum Gasteiger partial charge on any atom is -0.350 e. The summed E-state index contributed by atoms with van der Waals surface area (Å²) in [5.41, 5.74) is 0.899. The normalized spacial score (nSPS) is 15.5. The van der Waals surface area contributed by atoms with E-state index in [1.165, 1.54) is 0 Å². The first-order valence-corrected chi connectivity index (χ1v) is 7.86. The lowest BCUT2D eigenvalue weighted by Gasteiger charge is -2.35. The van der Waals surface area contributed by atoms with Gasteiger partial charge in [0.05, 0.1) is 4.47 Å². The van der Waals surface area contributed by atoms with Crippen molar-refractivity contribution in [2.45, 2.75) is 0 Å². The maximum atomic E-state index is 4.50. The van der Waals surface area contributed by atoms with Gasteiger partial charge in [-0.15, -0.1) is 0 Å². The van der Waals surface area contributed by atoms with E-state index in [9.17, 15) is 0 Å². The van der Waals surface area contributed by atoms with Crippen molar-refractivity contribution in [3.8, 4) is 0 Å². The highest BCUT2D eigenvalue weighted by molar-refractivity contribution is 9.10. The topological polar surface area (TPSA) is 62.5 Å². The van der Waals surface area contributed by atoms with Crippen LogP contribution >= 0.6 is 15.9 Å². The zero-order valence-electron chi connectivity index (χ0n) is 11.8. The van der Waals surface area contributed by atoms with Gasteiger partial charge in [-0.3, -0.25) is 0 Å². The summed E-state index contributed by atoms with van der Waals surface area (Å²) in [4.78, 5) is 22.1. The van der Waals surface area contributed by atoms with Gasteiger partial charge < -0.3 is 14.2 Å². The third-order valence-electron chi connectivity index (χ3n) is 3.76. The van der Waals surface area contributed by atoms with Crippen molar-refractivity contribution in [2.75, 3.05) is 36.0 Å². The summed E-state index contributed by atoms with van der Waals surface area (Å²) in [7, 11) is 0. The van der Waals surface area contributed by atoms with E-state index >= 15 is 0 Å². The maximum Gasteiger partial charge on any atom is 0.225 e. The Labute approximate surface area is 135 Å². The van der Waals surface area contributed by atoms with E-state index in [1.807, 2.05) is 23.0 Å². The molecule has 0 atom stereocenters. The van der Waals surface area contributed by atoms with E-state index in [4.69, 9.17) is 0 Å². The van der Waals surface area contributed by atoms with Gasteiger partial charge in [-0.25, -0.2) is 19.9 Å². The number of piperazine rings is 1. The van der Waals surface area contributed by atoms with E-state index < -0.39 is 0 Å². The van der Waals surface area contributed by atoms with Gasteiger partial charge in [0.1, 0.15) is 0 Å². The number of aromatic nitrogens is 5. The molecule has 0 aliphatic carbocycles. The molecule has 1 fully saturated rings. The molecule has 0 amide bonds. The number of nitrogens with zero attached hydrogens (tertiary/aromatic N) is 7. The van der Waals surface area contributed by atoms with Crippen LogP contribution in [0.2, 0.25) is 0 Å². The molecule has 0 spiro atoms. The van der Waals surface area contributed by atoms with Crippen LogP contribution in [0.3, 0.4) is 0 Å². The van der Waals surface area contributed by atoms with Crippen LogP contribution in [0.25, 0.3) is 5.65 Å². The molecule has 0 aromatic carbocycles. The second-order valence-corrected chi connectivity index (χ2v) is 6.00. The van der Waals surface area contributed by atoms with Gasteiger partial charge in [0.25, 0.3) is 0 Å². The Morgan fingerprint density at radius 3 is 2.18 bits per heavy atom. The number of fused-ring (bicyclic) bond motifs is 1. The van der Waals surface area contributed by atoms with E-state index in [2.05, 4.69) is 45.7 Å². The molecule has 0 radical (unpaired) electrons. The molecule has 7 nitrogen and oxygen atoms in total. The van der Waals surface area contributed by atoms with Gasteiger partial charge in [0, 0.05) is 63.4 Å². The second kappa shape index (κ2) is 5.53. The zero-order chi connectivity index (χ0) is 14.9. The molecule has 112 valence electrons. The molecular weight excluding hydrogens is 346 g/mol. The van der Waals surface area contributed by atoms with Crippen molar-refractivity contribution < 1.29 is 0 Å². The van der Waals surface area contributed by atoms with E-state index in [0.717, 1.165) is 48.1 Å². The maximum absolute atomic E-state index is 4.50. The van der Waals surface area contributed by atoms with E-state index in [1.54, 1.807) is 18.6 Å². The van der Waals surface area contributed by atoms with Crippen LogP contribution < -0.4 is 9.80 Å². The Balaban J connectivity index is 1.52. The van der Waals surface area contributed by atoms with Gasteiger partial charge >= 0.3 is 0 Å². The van der Waals surface area contributed by atoms with Crippen molar-refractivity contribution in [1.29, 1.82) is 0 Å². The number of rotatable bonds is 2. The molecule has 1 saturated heterocycles. The van der Waals surface area contributed by atoms with Crippen LogP contribution in [0.4, 0.5) is 11.8 Å². The summed E-state index contributed by atoms with van der Waals surface area (Å²) in [6.07, 6.45) is 11.0. The summed E-state index contributed by atoms with van der Waals surface area (Å²) < 4.78 is 2.89. The van der Waals surface area contributed by atoms with Crippen LogP contribution in [-0.4, -0.2) is 50.5 Å². The highest BCUT2D eigenvalue weighted by Crippen LogP contribution is 2.20. The average Bonchev–Trinajstić information content (AvgIpc) is 3.04. The lowest BCUT2D eigenvalue weighted by atomic mass is 10.3. The van der Waals surface area contributed by atoms with Crippen molar-refractivity contribution in [1.82, 2.24) is 24.3 Å². The molecule has 4 heterocycles. The SMILES string of the molecule is Brc1cnc(N2CCN(c3nccn4ccnc34)CC2)nc1. The van der Waals surface area contributed by atoms with E-state index in [-0.39, 0.29) is 0 Å². The standard InChI is InChI=1S/C14H14BrN7/c15-11-9-18-14(19-10-11)22-7-5-21(6-8-22)13-12-16-1-3-20(12)4-2-17-13/h1-4,9-10H,5-8H2.